The number of fused-ring (bicyclic) bond motifs is 1. The van der Waals surface area contributed by atoms with Crippen LogP contribution in [-0.2, 0) is 0 Å². The summed E-state index contributed by atoms with van der Waals surface area (Å²) in [5.74, 6) is 4.52. The van der Waals surface area contributed by atoms with E-state index >= 15 is 0 Å². The molecule has 2 aliphatic heterocycles. The van der Waals surface area contributed by atoms with Gasteiger partial charge in [-0.2, -0.15) is 0 Å². The Kier molecular flexibility index (Phi) is 4.25. The Morgan fingerprint density at radius 1 is 0.680 bits per heavy atom. The summed E-state index contributed by atoms with van der Waals surface area (Å²) in [7, 11) is 0. The van der Waals surface area contributed by atoms with Crippen LogP contribution >= 0.6 is 0 Å². The Bertz CT molecular complexity index is 666. The number of hydrogen-bond donors (Lipinski definition) is 0. The van der Waals surface area contributed by atoms with Gasteiger partial charge >= 0.3 is 0 Å². The van der Waals surface area contributed by atoms with Gasteiger partial charge in [-0.3, -0.25) is 0 Å². The van der Waals surface area contributed by atoms with E-state index in [-0.39, 0.29) is 0 Å². The summed E-state index contributed by atoms with van der Waals surface area (Å²) in [5, 5.41) is 7.85. The first-order chi connectivity index (χ1) is 12.0. The average molecular weight is 344 g/mol. The summed E-state index contributed by atoms with van der Waals surface area (Å²) >= 11 is 0. The molecule has 4 atom stereocenters. The Balaban J connectivity index is 1.76. The molecule has 4 rings (SSSR count). The van der Waals surface area contributed by atoms with Gasteiger partial charge in [-0.15, -0.1) is 0 Å². The second kappa shape index (κ2) is 6.42. The summed E-state index contributed by atoms with van der Waals surface area (Å²) in [5.41, 5.74) is 1.01. The molecule has 0 aromatic carbocycles. The van der Waals surface area contributed by atoms with E-state index in [1.54, 1.807) is 0 Å². The van der Waals surface area contributed by atoms with Crippen molar-refractivity contribution in [2.75, 3.05) is 36.0 Å². The minimum atomic E-state index is 0.503. The van der Waals surface area contributed by atoms with Crippen molar-refractivity contribution in [3.05, 3.63) is 0 Å². The molecule has 0 amide bonds. The maximum Gasteiger partial charge on any atom is 0.245 e. The van der Waals surface area contributed by atoms with Gasteiger partial charge in [0.15, 0.2) is 11.6 Å². The predicted octanol–water partition coefficient (Wildman–Crippen LogP) is 2.98. The minimum absolute atomic E-state index is 0.503. The molecule has 0 N–H and O–H groups in total. The smallest absolute Gasteiger partial charge is 0.245 e. The molecule has 2 aliphatic rings. The first-order valence-corrected chi connectivity index (χ1v) is 9.49. The Morgan fingerprint density at radius 2 is 1.04 bits per heavy atom. The quantitative estimate of drug-likeness (QED) is 0.829. The Hall–Kier alpha value is -1.92. The van der Waals surface area contributed by atoms with Gasteiger partial charge in [-0.1, -0.05) is 27.7 Å². The molecule has 0 radical (unpaired) electrons. The van der Waals surface area contributed by atoms with Crippen LogP contribution in [0.3, 0.4) is 0 Å². The lowest BCUT2D eigenvalue weighted by molar-refractivity contribution is 0.314. The van der Waals surface area contributed by atoms with Crippen molar-refractivity contribution in [1.82, 2.24) is 20.3 Å². The number of rotatable bonds is 2. The van der Waals surface area contributed by atoms with E-state index in [1.807, 2.05) is 0 Å². The van der Waals surface area contributed by atoms with Crippen molar-refractivity contribution in [3.63, 3.8) is 0 Å². The summed E-state index contributed by atoms with van der Waals surface area (Å²) in [4.78, 5) is 14.4. The van der Waals surface area contributed by atoms with Crippen LogP contribution in [0.25, 0.3) is 11.3 Å². The molecular formula is C18H28N6O. The van der Waals surface area contributed by atoms with Crippen molar-refractivity contribution < 1.29 is 4.63 Å². The van der Waals surface area contributed by atoms with Gasteiger partial charge in [0.05, 0.1) is 0 Å². The van der Waals surface area contributed by atoms with Crippen LogP contribution < -0.4 is 9.80 Å². The molecule has 7 heteroatoms. The molecule has 136 valence electrons. The van der Waals surface area contributed by atoms with E-state index in [0.717, 1.165) is 37.8 Å². The predicted molar refractivity (Wildman–Crippen MR) is 97.7 cm³/mol. The topological polar surface area (TPSA) is 71.2 Å². The third kappa shape index (κ3) is 3.28. The molecule has 0 bridgehead atoms. The van der Waals surface area contributed by atoms with Crippen molar-refractivity contribution in [3.8, 4) is 0 Å². The van der Waals surface area contributed by atoms with E-state index in [0.29, 0.717) is 35.0 Å². The lowest BCUT2D eigenvalue weighted by Crippen LogP contribution is -2.43. The fourth-order valence-corrected chi connectivity index (χ4v) is 4.72. The zero-order valence-corrected chi connectivity index (χ0v) is 15.6. The van der Waals surface area contributed by atoms with Crippen LogP contribution in [0.1, 0.15) is 40.5 Å². The number of aromatic nitrogens is 4. The number of piperidine rings is 2. The van der Waals surface area contributed by atoms with E-state index < -0.39 is 0 Å². The van der Waals surface area contributed by atoms with Gasteiger partial charge in [0.2, 0.25) is 11.3 Å². The second-order valence-corrected chi connectivity index (χ2v) is 8.48. The number of hydrogen-bond acceptors (Lipinski definition) is 7. The number of nitrogens with zero attached hydrogens (tertiary/aromatic N) is 6. The molecule has 25 heavy (non-hydrogen) atoms. The van der Waals surface area contributed by atoms with E-state index in [2.05, 4.69) is 47.8 Å². The lowest BCUT2D eigenvalue weighted by atomic mass is 9.91. The SMILES string of the molecule is C[C@@H]1C[C@@H](C)CN(c2nc3nonc3nc2N2C[C@H](C)C[C@@H](C)C2)C1. The maximum absolute atomic E-state index is 4.87. The van der Waals surface area contributed by atoms with Crippen LogP contribution in [-0.4, -0.2) is 46.5 Å². The highest BCUT2D eigenvalue weighted by Crippen LogP contribution is 2.35. The molecule has 2 aromatic heterocycles. The molecule has 2 saturated heterocycles. The monoisotopic (exact) mass is 344 g/mol. The molecule has 0 saturated carbocycles. The molecule has 2 fully saturated rings. The zero-order chi connectivity index (χ0) is 17.6. The molecule has 0 spiro atoms. The van der Waals surface area contributed by atoms with Crippen LogP contribution in [0.15, 0.2) is 4.63 Å². The molecule has 4 heterocycles. The van der Waals surface area contributed by atoms with Gasteiger partial charge in [0.1, 0.15) is 0 Å². The van der Waals surface area contributed by atoms with Crippen LogP contribution in [0.2, 0.25) is 0 Å². The van der Waals surface area contributed by atoms with E-state index in [1.165, 1.54) is 12.8 Å². The van der Waals surface area contributed by atoms with Crippen LogP contribution in [0.5, 0.6) is 0 Å². The maximum atomic E-state index is 4.87. The fraction of sp³-hybridized carbons (Fsp3) is 0.778. The zero-order valence-electron chi connectivity index (χ0n) is 15.6. The minimum Gasteiger partial charge on any atom is -0.353 e. The van der Waals surface area contributed by atoms with Crippen molar-refractivity contribution >= 4 is 22.9 Å². The van der Waals surface area contributed by atoms with Crippen LogP contribution in [0, 0.1) is 23.7 Å². The standard InChI is InChI=1S/C18H28N6O/c1-11-5-12(2)8-23(7-11)17-18(20-16-15(19-17)21-25-22-16)24-9-13(3)6-14(4)10-24/h11-14H,5-10H2,1-4H3/t11-,12-,13-,14-/m1/s1. The molecule has 7 nitrogen and oxygen atoms in total. The average Bonchev–Trinajstić information content (AvgIpc) is 2.99. The molecule has 0 unspecified atom stereocenters. The first-order valence-electron chi connectivity index (χ1n) is 9.49. The normalized spacial score (nSPS) is 30.9. The Morgan fingerprint density at radius 3 is 1.40 bits per heavy atom. The molecular weight excluding hydrogens is 316 g/mol. The van der Waals surface area contributed by atoms with Gasteiger partial charge in [-0.05, 0) is 46.8 Å². The largest absolute Gasteiger partial charge is 0.353 e. The van der Waals surface area contributed by atoms with E-state index in [4.69, 9.17) is 14.6 Å². The summed E-state index contributed by atoms with van der Waals surface area (Å²) < 4.78 is 4.87. The summed E-state index contributed by atoms with van der Waals surface area (Å²) in [6, 6.07) is 0. The summed E-state index contributed by atoms with van der Waals surface area (Å²) in [6.45, 7) is 13.3. The van der Waals surface area contributed by atoms with Crippen molar-refractivity contribution in [2.24, 2.45) is 23.7 Å². The number of anilines is 2. The third-order valence-electron chi connectivity index (χ3n) is 5.41. The van der Waals surface area contributed by atoms with Gasteiger partial charge in [0.25, 0.3) is 0 Å². The highest BCUT2D eigenvalue weighted by Gasteiger charge is 2.31. The fourth-order valence-electron chi connectivity index (χ4n) is 4.72. The van der Waals surface area contributed by atoms with Gasteiger partial charge in [-0.25, -0.2) is 14.6 Å². The Labute approximate surface area is 148 Å². The second-order valence-electron chi connectivity index (χ2n) is 8.48. The highest BCUT2D eigenvalue weighted by atomic mass is 16.6. The van der Waals surface area contributed by atoms with Crippen molar-refractivity contribution in [2.45, 2.75) is 40.5 Å². The van der Waals surface area contributed by atoms with E-state index in [9.17, 15) is 0 Å². The van der Waals surface area contributed by atoms with Crippen molar-refractivity contribution in [1.29, 1.82) is 0 Å². The van der Waals surface area contributed by atoms with Gasteiger partial charge in [0, 0.05) is 26.2 Å². The van der Waals surface area contributed by atoms with Gasteiger partial charge < -0.3 is 9.80 Å². The first kappa shape index (κ1) is 16.5. The lowest BCUT2D eigenvalue weighted by Gasteiger charge is -2.40. The molecule has 2 aromatic rings. The van der Waals surface area contributed by atoms with Crippen LogP contribution in [0.4, 0.5) is 11.6 Å². The highest BCUT2D eigenvalue weighted by molar-refractivity contribution is 5.75. The molecule has 0 aliphatic carbocycles. The third-order valence-corrected chi connectivity index (χ3v) is 5.41. The summed E-state index contributed by atoms with van der Waals surface area (Å²) in [6.07, 6.45) is 2.54.